The summed E-state index contributed by atoms with van der Waals surface area (Å²) in [6.45, 7) is 2.51. The standard InChI is InChI=1S/C10H15NOS/c1-2-3-4-6-11-10(12)9-5-7-13-8-9/h9H,4-8H2,1H3,(H,11,12). The molecule has 3 heteroatoms. The summed E-state index contributed by atoms with van der Waals surface area (Å²) in [5, 5.41) is 2.90. The molecule has 2 nitrogen and oxygen atoms in total. The molecule has 1 atom stereocenters. The second-order valence-corrected chi connectivity index (χ2v) is 4.18. The van der Waals surface area contributed by atoms with E-state index in [1.54, 1.807) is 0 Å². The first-order valence-electron chi connectivity index (χ1n) is 4.59. The van der Waals surface area contributed by atoms with Crippen LogP contribution in [0.2, 0.25) is 0 Å². The van der Waals surface area contributed by atoms with E-state index in [0.29, 0.717) is 6.54 Å². The predicted octanol–water partition coefficient (Wildman–Crippen LogP) is 1.27. The second kappa shape index (κ2) is 5.93. The summed E-state index contributed by atoms with van der Waals surface area (Å²) >= 11 is 1.87. The van der Waals surface area contributed by atoms with Gasteiger partial charge in [0.1, 0.15) is 0 Å². The lowest BCUT2D eigenvalue weighted by Crippen LogP contribution is -2.31. The van der Waals surface area contributed by atoms with Crippen LogP contribution in [0, 0.1) is 17.8 Å². The zero-order valence-corrected chi connectivity index (χ0v) is 8.75. The van der Waals surface area contributed by atoms with Crippen molar-refractivity contribution in [2.75, 3.05) is 18.1 Å². The first kappa shape index (κ1) is 10.5. The van der Waals surface area contributed by atoms with Crippen molar-refractivity contribution in [1.29, 1.82) is 0 Å². The number of nitrogens with one attached hydrogen (secondary N) is 1. The number of hydrogen-bond acceptors (Lipinski definition) is 2. The van der Waals surface area contributed by atoms with E-state index in [-0.39, 0.29) is 11.8 Å². The van der Waals surface area contributed by atoms with Gasteiger partial charge in [-0.2, -0.15) is 11.8 Å². The summed E-state index contributed by atoms with van der Waals surface area (Å²) < 4.78 is 0. The van der Waals surface area contributed by atoms with Crippen molar-refractivity contribution in [2.45, 2.75) is 19.8 Å². The molecule has 1 rings (SSSR count). The van der Waals surface area contributed by atoms with Crippen LogP contribution in [0.4, 0.5) is 0 Å². The van der Waals surface area contributed by atoms with Crippen molar-refractivity contribution in [2.24, 2.45) is 5.92 Å². The Hall–Kier alpha value is -0.620. The summed E-state index contributed by atoms with van der Waals surface area (Å²) in [4.78, 5) is 11.4. The highest BCUT2D eigenvalue weighted by atomic mass is 32.2. The van der Waals surface area contributed by atoms with Crippen LogP contribution in [0.1, 0.15) is 19.8 Å². The van der Waals surface area contributed by atoms with Gasteiger partial charge in [-0.15, -0.1) is 11.8 Å². The minimum Gasteiger partial charge on any atom is -0.355 e. The van der Waals surface area contributed by atoms with Crippen LogP contribution in [0.3, 0.4) is 0 Å². The first-order chi connectivity index (χ1) is 6.34. The van der Waals surface area contributed by atoms with Gasteiger partial charge < -0.3 is 5.32 Å². The van der Waals surface area contributed by atoms with Crippen molar-refractivity contribution in [3.63, 3.8) is 0 Å². The van der Waals surface area contributed by atoms with Gasteiger partial charge in [-0.25, -0.2) is 0 Å². The number of carbonyl (C=O) groups excluding carboxylic acids is 1. The van der Waals surface area contributed by atoms with Crippen LogP contribution in [-0.4, -0.2) is 24.0 Å². The van der Waals surface area contributed by atoms with E-state index in [0.717, 1.165) is 24.3 Å². The fourth-order valence-corrected chi connectivity index (χ4v) is 2.48. The van der Waals surface area contributed by atoms with Gasteiger partial charge in [0, 0.05) is 24.6 Å². The number of carbonyl (C=O) groups is 1. The number of thioether (sulfide) groups is 1. The summed E-state index contributed by atoms with van der Waals surface area (Å²) in [5.41, 5.74) is 0. The Labute approximate surface area is 83.9 Å². The van der Waals surface area contributed by atoms with E-state index in [2.05, 4.69) is 17.2 Å². The maximum absolute atomic E-state index is 11.4. The van der Waals surface area contributed by atoms with Crippen molar-refractivity contribution in [3.8, 4) is 11.8 Å². The van der Waals surface area contributed by atoms with Gasteiger partial charge in [0.05, 0.1) is 0 Å². The Morgan fingerprint density at radius 2 is 2.54 bits per heavy atom. The van der Waals surface area contributed by atoms with E-state index < -0.39 is 0 Å². The fraction of sp³-hybridized carbons (Fsp3) is 0.700. The summed E-state index contributed by atoms with van der Waals surface area (Å²) in [5.74, 6) is 8.31. The topological polar surface area (TPSA) is 29.1 Å². The quantitative estimate of drug-likeness (QED) is 0.545. The molecule has 1 aliphatic heterocycles. The molecule has 1 unspecified atom stereocenters. The molecule has 72 valence electrons. The molecule has 0 aromatic rings. The zero-order valence-electron chi connectivity index (χ0n) is 7.93. The molecule has 1 saturated heterocycles. The van der Waals surface area contributed by atoms with E-state index in [1.165, 1.54) is 0 Å². The minimum absolute atomic E-state index is 0.211. The normalized spacial score (nSPS) is 20.5. The predicted molar refractivity (Wildman–Crippen MR) is 56.5 cm³/mol. The molecule has 0 radical (unpaired) electrons. The van der Waals surface area contributed by atoms with Gasteiger partial charge in [-0.3, -0.25) is 4.79 Å². The Bertz CT molecular complexity index is 223. The van der Waals surface area contributed by atoms with E-state index in [1.807, 2.05) is 18.7 Å². The van der Waals surface area contributed by atoms with E-state index >= 15 is 0 Å². The van der Waals surface area contributed by atoms with Gasteiger partial charge in [0.25, 0.3) is 0 Å². The molecule has 13 heavy (non-hydrogen) atoms. The molecule has 1 amide bonds. The Morgan fingerprint density at radius 1 is 1.69 bits per heavy atom. The maximum Gasteiger partial charge on any atom is 0.224 e. The molecule has 1 N–H and O–H groups in total. The fourth-order valence-electron chi connectivity index (χ4n) is 1.26. The highest BCUT2D eigenvalue weighted by molar-refractivity contribution is 7.99. The Balaban J connectivity index is 2.12. The van der Waals surface area contributed by atoms with E-state index in [4.69, 9.17) is 0 Å². The highest BCUT2D eigenvalue weighted by Gasteiger charge is 2.22. The largest absolute Gasteiger partial charge is 0.355 e. The Kier molecular flexibility index (Phi) is 4.77. The molecule has 0 aliphatic carbocycles. The van der Waals surface area contributed by atoms with E-state index in [9.17, 15) is 4.79 Å². The molecule has 0 saturated carbocycles. The number of rotatable bonds is 3. The maximum atomic E-state index is 11.4. The lowest BCUT2D eigenvalue weighted by molar-refractivity contribution is -0.124. The molecule has 1 aliphatic rings. The SMILES string of the molecule is CC#CCCNC(=O)C1CCSC1. The van der Waals surface area contributed by atoms with Crippen molar-refractivity contribution in [1.82, 2.24) is 5.32 Å². The number of hydrogen-bond donors (Lipinski definition) is 1. The van der Waals surface area contributed by atoms with Crippen LogP contribution in [0.5, 0.6) is 0 Å². The molecule has 1 fully saturated rings. The lowest BCUT2D eigenvalue weighted by Gasteiger charge is -2.07. The van der Waals surface area contributed by atoms with Crippen LogP contribution < -0.4 is 5.32 Å². The van der Waals surface area contributed by atoms with Crippen molar-refractivity contribution in [3.05, 3.63) is 0 Å². The van der Waals surface area contributed by atoms with Gasteiger partial charge in [0.2, 0.25) is 5.91 Å². The third-order valence-electron chi connectivity index (χ3n) is 2.03. The van der Waals surface area contributed by atoms with Crippen LogP contribution in [0.25, 0.3) is 0 Å². The third kappa shape index (κ3) is 3.73. The molecule has 1 heterocycles. The lowest BCUT2D eigenvalue weighted by atomic mass is 10.1. The van der Waals surface area contributed by atoms with Crippen molar-refractivity contribution >= 4 is 17.7 Å². The second-order valence-electron chi connectivity index (χ2n) is 3.03. The molecular weight excluding hydrogens is 182 g/mol. The highest BCUT2D eigenvalue weighted by Crippen LogP contribution is 2.23. The van der Waals surface area contributed by atoms with Crippen LogP contribution >= 0.6 is 11.8 Å². The smallest absolute Gasteiger partial charge is 0.224 e. The van der Waals surface area contributed by atoms with Gasteiger partial charge in [-0.1, -0.05) is 0 Å². The van der Waals surface area contributed by atoms with Crippen LogP contribution in [0.15, 0.2) is 0 Å². The van der Waals surface area contributed by atoms with Gasteiger partial charge in [-0.05, 0) is 19.1 Å². The average molecular weight is 197 g/mol. The minimum atomic E-state index is 0.211. The molecule has 0 bridgehead atoms. The summed E-state index contributed by atoms with van der Waals surface area (Å²) in [6, 6.07) is 0. The van der Waals surface area contributed by atoms with Crippen LogP contribution in [-0.2, 0) is 4.79 Å². The molecule has 0 aromatic heterocycles. The molecule has 0 aromatic carbocycles. The Morgan fingerprint density at radius 3 is 3.15 bits per heavy atom. The molecular formula is C10H15NOS. The first-order valence-corrected chi connectivity index (χ1v) is 5.75. The average Bonchev–Trinajstić information content (AvgIpc) is 2.65. The van der Waals surface area contributed by atoms with Crippen molar-refractivity contribution < 1.29 is 4.79 Å². The van der Waals surface area contributed by atoms with Gasteiger partial charge >= 0.3 is 0 Å². The zero-order chi connectivity index (χ0) is 9.52. The third-order valence-corrected chi connectivity index (χ3v) is 3.19. The molecule has 0 spiro atoms. The summed E-state index contributed by atoms with van der Waals surface area (Å²) in [7, 11) is 0. The summed E-state index contributed by atoms with van der Waals surface area (Å²) in [6.07, 6.45) is 1.80. The van der Waals surface area contributed by atoms with Gasteiger partial charge in [0.15, 0.2) is 0 Å². The monoisotopic (exact) mass is 197 g/mol. The number of amides is 1.